The number of aromatic nitrogens is 6. The first-order chi connectivity index (χ1) is 31.9. The lowest BCUT2D eigenvalue weighted by Crippen LogP contribution is -2.44. The van der Waals surface area contributed by atoms with E-state index in [4.69, 9.17) is 5.10 Å². The third-order valence-electron chi connectivity index (χ3n) is 15.3. The molecule has 10 rings (SSSR count). The summed E-state index contributed by atoms with van der Waals surface area (Å²) in [6.07, 6.45) is 9.81. The van der Waals surface area contributed by atoms with Crippen LogP contribution in [0.3, 0.4) is 0 Å². The molecule has 350 valence electrons. The zero-order valence-corrected chi connectivity index (χ0v) is 38.4. The Bertz CT molecular complexity index is 2720. The summed E-state index contributed by atoms with van der Waals surface area (Å²) in [5.74, 6) is 0.714. The highest BCUT2D eigenvalue weighted by Gasteiger charge is 2.36. The van der Waals surface area contributed by atoms with Gasteiger partial charge in [-0.15, -0.1) is 0 Å². The van der Waals surface area contributed by atoms with Crippen molar-refractivity contribution in [3.63, 3.8) is 0 Å². The number of nitrogens with zero attached hydrogens (tertiary/aromatic N) is 10. The van der Waals surface area contributed by atoms with Gasteiger partial charge < -0.3 is 19.6 Å². The van der Waals surface area contributed by atoms with Crippen molar-refractivity contribution in [3.05, 3.63) is 81.2 Å². The molecule has 5 aliphatic rings. The number of imidazole rings is 1. The second-order valence-corrected chi connectivity index (χ2v) is 19.3. The van der Waals surface area contributed by atoms with E-state index in [1.165, 1.54) is 5.69 Å². The van der Waals surface area contributed by atoms with Gasteiger partial charge in [0.2, 0.25) is 17.7 Å². The molecule has 2 aromatic carbocycles. The fourth-order valence-electron chi connectivity index (χ4n) is 11.6. The summed E-state index contributed by atoms with van der Waals surface area (Å²) in [6.45, 7) is 9.53. The predicted octanol–water partition coefficient (Wildman–Crippen LogP) is 5.82. The van der Waals surface area contributed by atoms with Gasteiger partial charge in [-0.05, 0) is 112 Å². The molecule has 15 nitrogen and oxygen atoms in total. The number of carbonyl (C=O) groups excluding carboxylic acids is 3. The normalized spacial score (nSPS) is 20.4. The van der Waals surface area contributed by atoms with E-state index >= 15 is 0 Å². The fourth-order valence-corrected chi connectivity index (χ4v) is 11.6. The summed E-state index contributed by atoms with van der Waals surface area (Å²) in [6, 6.07) is 9.09. The first-order valence-corrected chi connectivity index (χ1v) is 24.0. The molecule has 3 saturated heterocycles. The van der Waals surface area contributed by atoms with Crippen molar-refractivity contribution in [2.75, 3.05) is 57.3 Å². The van der Waals surface area contributed by atoms with Gasteiger partial charge in [-0.25, -0.2) is 13.6 Å². The van der Waals surface area contributed by atoms with Gasteiger partial charge in [0.25, 0.3) is 6.43 Å². The van der Waals surface area contributed by atoms with Crippen LogP contribution in [-0.4, -0.2) is 113 Å². The summed E-state index contributed by atoms with van der Waals surface area (Å²) >= 11 is 0. The number of carbonyl (C=O) groups is 3. The molecule has 17 heteroatoms. The fraction of sp³-hybridized carbons (Fsp3) is 0.551. The zero-order chi connectivity index (χ0) is 45.8. The summed E-state index contributed by atoms with van der Waals surface area (Å²) in [5.41, 5.74) is 7.70. The van der Waals surface area contributed by atoms with Crippen LogP contribution in [0.15, 0.2) is 47.5 Å². The molecule has 5 aromatic rings. The van der Waals surface area contributed by atoms with Gasteiger partial charge in [0.15, 0.2) is 5.82 Å². The summed E-state index contributed by atoms with van der Waals surface area (Å²) < 4.78 is 36.6. The smallest absolute Gasteiger partial charge is 0.329 e. The Morgan fingerprint density at radius 1 is 0.909 bits per heavy atom. The zero-order valence-electron chi connectivity index (χ0n) is 38.4. The second-order valence-electron chi connectivity index (χ2n) is 19.3. The molecule has 1 unspecified atom stereocenters. The molecule has 3 fully saturated rings. The van der Waals surface area contributed by atoms with Crippen LogP contribution in [0.5, 0.6) is 0 Å². The molecule has 3 aromatic heterocycles. The molecule has 8 heterocycles. The Kier molecular flexibility index (Phi) is 12.2. The average Bonchev–Trinajstić information content (AvgIpc) is 4.00. The van der Waals surface area contributed by atoms with Crippen LogP contribution in [0.4, 0.5) is 20.3 Å². The lowest BCUT2D eigenvalue weighted by atomic mass is 9.90. The van der Waals surface area contributed by atoms with Crippen LogP contribution < -0.4 is 15.9 Å². The van der Waals surface area contributed by atoms with Crippen LogP contribution >= 0.6 is 0 Å². The van der Waals surface area contributed by atoms with Gasteiger partial charge in [-0.1, -0.05) is 12.1 Å². The standard InChI is InChI=1S/C49H61F2N11O4/c1-31(63)59-23-17-40-39(30-59)47(60-18-5-7-34-26-37(35-28-52-55(2)29-35)38(46(50)51)27-43(34)60)54-62(40)36-15-21-58(22-16-36)25-24-57-19-13-32(14-20-57)9-10-33-6-4-8-41-45(33)56(3)49(66)61(41)42-11-12-44(64)53-48(42)65/h4,6,8,26-29,32,36,42,46H,5,7,9-25,30H2,1-3H3,(H,53,64,65). The van der Waals surface area contributed by atoms with Gasteiger partial charge in [0, 0.05) is 107 Å². The molecule has 0 radical (unpaired) electrons. The molecule has 66 heavy (non-hydrogen) atoms. The molecule has 1 N–H and O–H groups in total. The number of likely N-dealkylation sites (tertiary alicyclic amines) is 2. The van der Waals surface area contributed by atoms with Crippen LogP contribution in [0, 0.1) is 5.92 Å². The van der Waals surface area contributed by atoms with Crippen LogP contribution in [0.1, 0.15) is 105 Å². The summed E-state index contributed by atoms with van der Waals surface area (Å²) in [4.78, 5) is 59.8. The van der Waals surface area contributed by atoms with Gasteiger partial charge in [0.1, 0.15) is 6.04 Å². The number of aryl methyl sites for hydroxylation is 4. The van der Waals surface area contributed by atoms with E-state index < -0.39 is 18.4 Å². The summed E-state index contributed by atoms with van der Waals surface area (Å²) in [5, 5.41) is 12.0. The number of para-hydroxylation sites is 1. The largest absolute Gasteiger partial charge is 0.338 e. The molecule has 0 bridgehead atoms. The number of hydrogen-bond donors (Lipinski definition) is 1. The van der Waals surface area contributed by atoms with Crippen LogP contribution in [-0.2, 0) is 54.3 Å². The van der Waals surface area contributed by atoms with Crippen molar-refractivity contribution in [2.45, 2.75) is 103 Å². The van der Waals surface area contributed by atoms with Gasteiger partial charge >= 0.3 is 5.69 Å². The molecule has 0 spiro atoms. The monoisotopic (exact) mass is 905 g/mol. The van der Waals surface area contributed by atoms with E-state index in [2.05, 4.69) is 35.9 Å². The maximum absolute atomic E-state index is 14.7. The number of fused-ring (bicyclic) bond motifs is 3. The second kappa shape index (κ2) is 18.2. The quantitative estimate of drug-likeness (QED) is 0.163. The highest BCUT2D eigenvalue weighted by Crippen LogP contribution is 2.44. The Morgan fingerprint density at radius 2 is 1.67 bits per heavy atom. The Hall–Kier alpha value is -5.68. The molecular formula is C49H61F2N11O4. The lowest BCUT2D eigenvalue weighted by Gasteiger charge is -2.36. The SMILES string of the molecule is CC(=O)N1CCc2c(c(N3CCCc4cc(-c5cnn(C)c5)c(C(F)F)cc43)nn2C2CCN(CCN3CCC(CCc4cccc5c4n(C)c(=O)n5C4CCC(=O)NC4=O)CC3)CC2)C1. The molecule has 0 aliphatic carbocycles. The van der Waals surface area contributed by atoms with E-state index in [1.807, 2.05) is 23.1 Å². The minimum absolute atomic E-state index is 0.00875. The number of rotatable bonds is 11. The van der Waals surface area contributed by atoms with Gasteiger partial charge in [-0.3, -0.25) is 38.2 Å². The third kappa shape index (κ3) is 8.37. The topological polar surface area (TPSA) is 139 Å². The van der Waals surface area contributed by atoms with E-state index in [-0.39, 0.29) is 35.5 Å². The molecular weight excluding hydrogens is 845 g/mol. The van der Waals surface area contributed by atoms with Crippen LogP contribution in [0.2, 0.25) is 0 Å². The number of hydrogen-bond acceptors (Lipinski definition) is 9. The van der Waals surface area contributed by atoms with Crippen molar-refractivity contribution in [1.82, 2.24) is 48.7 Å². The minimum Gasteiger partial charge on any atom is -0.338 e. The van der Waals surface area contributed by atoms with E-state index in [9.17, 15) is 28.0 Å². The number of piperidine rings is 3. The maximum Gasteiger partial charge on any atom is 0.329 e. The van der Waals surface area contributed by atoms with Gasteiger partial charge in [0.05, 0.1) is 29.8 Å². The van der Waals surface area contributed by atoms with Crippen LogP contribution in [0.25, 0.3) is 22.2 Å². The van der Waals surface area contributed by atoms with E-state index in [0.717, 1.165) is 130 Å². The Balaban J connectivity index is 0.763. The number of halogens is 2. The highest BCUT2D eigenvalue weighted by molar-refractivity contribution is 6.00. The lowest BCUT2D eigenvalue weighted by molar-refractivity contribution is -0.135. The number of anilines is 2. The van der Waals surface area contributed by atoms with Crippen molar-refractivity contribution in [1.29, 1.82) is 0 Å². The third-order valence-corrected chi connectivity index (χ3v) is 15.3. The van der Waals surface area contributed by atoms with Crippen molar-refractivity contribution in [2.24, 2.45) is 20.0 Å². The highest BCUT2D eigenvalue weighted by atomic mass is 19.3. The number of benzene rings is 2. The minimum atomic E-state index is -2.65. The molecule has 3 amide bonds. The van der Waals surface area contributed by atoms with Crippen molar-refractivity contribution >= 4 is 40.3 Å². The number of nitrogens with one attached hydrogen (secondary N) is 1. The van der Waals surface area contributed by atoms with E-state index in [0.29, 0.717) is 49.5 Å². The average molecular weight is 906 g/mol. The van der Waals surface area contributed by atoms with Crippen molar-refractivity contribution in [3.8, 4) is 11.1 Å². The molecule has 1 atom stereocenters. The maximum atomic E-state index is 14.7. The number of alkyl halides is 2. The first-order valence-electron chi connectivity index (χ1n) is 24.0. The summed E-state index contributed by atoms with van der Waals surface area (Å²) in [7, 11) is 3.56. The Labute approximate surface area is 383 Å². The Morgan fingerprint density at radius 3 is 2.36 bits per heavy atom. The molecule has 5 aliphatic heterocycles. The van der Waals surface area contributed by atoms with E-state index in [1.54, 1.807) is 53.3 Å². The van der Waals surface area contributed by atoms with Gasteiger partial charge in [-0.2, -0.15) is 10.2 Å². The first kappa shape index (κ1) is 44.2. The van der Waals surface area contributed by atoms with Crippen molar-refractivity contribution < 1.29 is 23.2 Å². The molecule has 0 saturated carbocycles. The number of imide groups is 1. The predicted molar refractivity (Wildman–Crippen MR) is 247 cm³/mol. The number of amides is 3.